The van der Waals surface area contributed by atoms with Gasteiger partial charge in [-0.25, -0.2) is 9.78 Å². The van der Waals surface area contributed by atoms with Gasteiger partial charge in [0.05, 0.1) is 18.3 Å². The van der Waals surface area contributed by atoms with E-state index in [0.29, 0.717) is 11.7 Å². The summed E-state index contributed by atoms with van der Waals surface area (Å²) in [4.78, 5) is 14.8. The number of hydrogen-bond acceptors (Lipinski definition) is 2. The van der Waals surface area contributed by atoms with Gasteiger partial charge in [0.1, 0.15) is 11.0 Å². The van der Waals surface area contributed by atoms with E-state index >= 15 is 0 Å². The highest BCUT2D eigenvalue weighted by molar-refractivity contribution is 6.29. The highest BCUT2D eigenvalue weighted by Gasteiger charge is 2.08. The van der Waals surface area contributed by atoms with Gasteiger partial charge >= 0.3 is 5.97 Å². The first-order chi connectivity index (χ1) is 7.58. The highest BCUT2D eigenvalue weighted by Crippen LogP contribution is 2.11. The first-order valence-electron chi connectivity index (χ1n) is 4.63. The van der Waals surface area contributed by atoms with Gasteiger partial charge in [0, 0.05) is 19.4 Å². The number of carboxylic acids is 1. The van der Waals surface area contributed by atoms with Crippen LogP contribution in [0.25, 0.3) is 0 Å². The van der Waals surface area contributed by atoms with Crippen LogP contribution in [0.4, 0.5) is 0 Å². The van der Waals surface area contributed by atoms with Crippen molar-refractivity contribution in [3.8, 4) is 0 Å². The molecule has 0 saturated carbocycles. The van der Waals surface area contributed by atoms with Crippen LogP contribution in [-0.4, -0.2) is 25.2 Å². The Morgan fingerprint density at radius 1 is 1.62 bits per heavy atom. The number of hydrogen-bond donors (Lipinski definition) is 1. The van der Waals surface area contributed by atoms with Crippen molar-refractivity contribution >= 4 is 17.6 Å². The van der Waals surface area contributed by atoms with Gasteiger partial charge in [-0.3, -0.25) is 0 Å². The summed E-state index contributed by atoms with van der Waals surface area (Å²) in [6.45, 7) is 0.497. The second-order valence-electron chi connectivity index (χ2n) is 3.43. The number of rotatable bonds is 3. The van der Waals surface area contributed by atoms with E-state index < -0.39 is 5.97 Å². The maximum absolute atomic E-state index is 10.7. The molecule has 2 aromatic heterocycles. The fourth-order valence-corrected chi connectivity index (χ4v) is 1.55. The molecule has 6 heteroatoms. The van der Waals surface area contributed by atoms with E-state index in [1.54, 1.807) is 33.8 Å². The number of carbonyl (C=O) groups is 1. The van der Waals surface area contributed by atoms with Crippen molar-refractivity contribution in [3.05, 3.63) is 41.2 Å². The Morgan fingerprint density at radius 2 is 2.38 bits per heavy atom. The fourth-order valence-electron chi connectivity index (χ4n) is 1.40. The minimum absolute atomic E-state index is 0.264. The van der Waals surface area contributed by atoms with Crippen LogP contribution in [0.5, 0.6) is 0 Å². The molecular formula is C10H10ClN3O2. The van der Waals surface area contributed by atoms with E-state index in [4.69, 9.17) is 16.7 Å². The van der Waals surface area contributed by atoms with Gasteiger partial charge in [0.2, 0.25) is 0 Å². The van der Waals surface area contributed by atoms with E-state index in [2.05, 4.69) is 4.98 Å². The monoisotopic (exact) mass is 239 g/mol. The molecule has 2 rings (SSSR count). The molecule has 0 radical (unpaired) electrons. The topological polar surface area (TPSA) is 60.0 Å². The third kappa shape index (κ3) is 1.94. The summed E-state index contributed by atoms with van der Waals surface area (Å²) < 4.78 is 3.50. The minimum Gasteiger partial charge on any atom is -0.478 e. The van der Waals surface area contributed by atoms with Crippen LogP contribution < -0.4 is 0 Å². The van der Waals surface area contributed by atoms with Crippen molar-refractivity contribution in [2.75, 3.05) is 0 Å². The summed E-state index contributed by atoms with van der Waals surface area (Å²) in [5.41, 5.74) is 0.264. The lowest BCUT2D eigenvalue weighted by molar-refractivity contribution is 0.0697. The molecule has 0 atom stereocenters. The SMILES string of the molecule is Cn1c(Cl)cnc1Cn1ccc(C(=O)O)c1. The third-order valence-electron chi connectivity index (χ3n) is 2.35. The average molecular weight is 240 g/mol. The van der Waals surface area contributed by atoms with Gasteiger partial charge in [-0.2, -0.15) is 0 Å². The van der Waals surface area contributed by atoms with Crippen LogP contribution in [0.2, 0.25) is 5.15 Å². The molecule has 16 heavy (non-hydrogen) atoms. The predicted molar refractivity (Wildman–Crippen MR) is 58.7 cm³/mol. The molecule has 0 aliphatic carbocycles. The van der Waals surface area contributed by atoms with Gasteiger partial charge in [-0.05, 0) is 6.07 Å². The molecule has 0 aliphatic heterocycles. The Balaban J connectivity index is 2.21. The molecule has 0 unspecified atom stereocenters. The summed E-state index contributed by atoms with van der Waals surface area (Å²) >= 11 is 5.85. The van der Waals surface area contributed by atoms with Crippen molar-refractivity contribution in [2.45, 2.75) is 6.54 Å². The van der Waals surface area contributed by atoms with Crippen LogP contribution >= 0.6 is 11.6 Å². The summed E-state index contributed by atoms with van der Waals surface area (Å²) in [6.07, 6.45) is 4.83. The van der Waals surface area contributed by atoms with E-state index in [-0.39, 0.29) is 5.56 Å². The standard InChI is InChI=1S/C10H10ClN3O2/c1-13-8(11)4-12-9(13)6-14-3-2-7(5-14)10(15)16/h2-5H,6H2,1H3,(H,15,16). The van der Waals surface area contributed by atoms with E-state index in [0.717, 1.165) is 5.82 Å². The smallest absolute Gasteiger partial charge is 0.337 e. The lowest BCUT2D eigenvalue weighted by Gasteiger charge is -2.03. The zero-order valence-corrected chi connectivity index (χ0v) is 9.35. The molecule has 2 heterocycles. The third-order valence-corrected chi connectivity index (χ3v) is 2.70. The minimum atomic E-state index is -0.934. The van der Waals surface area contributed by atoms with Crippen LogP contribution in [-0.2, 0) is 13.6 Å². The number of halogens is 1. The zero-order chi connectivity index (χ0) is 11.7. The Labute approximate surface area is 96.9 Å². The Kier molecular flexibility index (Phi) is 2.70. The van der Waals surface area contributed by atoms with E-state index in [1.807, 2.05) is 7.05 Å². The summed E-state index contributed by atoms with van der Waals surface area (Å²) in [5.74, 6) is -0.158. The number of aromatic carboxylic acids is 1. The van der Waals surface area contributed by atoms with Gasteiger partial charge in [-0.1, -0.05) is 11.6 Å². The molecular weight excluding hydrogens is 230 g/mol. The maximum atomic E-state index is 10.7. The molecule has 0 spiro atoms. The Bertz CT molecular complexity index is 530. The molecule has 0 amide bonds. The van der Waals surface area contributed by atoms with Gasteiger partial charge in [-0.15, -0.1) is 0 Å². The summed E-state index contributed by atoms with van der Waals surface area (Å²) in [6, 6.07) is 1.55. The first-order valence-corrected chi connectivity index (χ1v) is 5.01. The van der Waals surface area contributed by atoms with Crippen molar-refractivity contribution in [3.63, 3.8) is 0 Å². The van der Waals surface area contributed by atoms with Crippen molar-refractivity contribution in [2.24, 2.45) is 7.05 Å². The van der Waals surface area contributed by atoms with Crippen molar-refractivity contribution < 1.29 is 9.90 Å². The number of aromatic nitrogens is 3. The van der Waals surface area contributed by atoms with Crippen LogP contribution in [0.15, 0.2) is 24.7 Å². The lowest BCUT2D eigenvalue weighted by Crippen LogP contribution is -2.04. The van der Waals surface area contributed by atoms with Crippen molar-refractivity contribution in [1.82, 2.24) is 14.1 Å². The molecule has 0 bridgehead atoms. The molecule has 1 N–H and O–H groups in total. The Morgan fingerprint density at radius 3 is 2.88 bits per heavy atom. The number of carboxylic acid groups (broad SMARTS) is 1. The number of nitrogens with zero attached hydrogens (tertiary/aromatic N) is 3. The molecule has 84 valence electrons. The normalized spacial score (nSPS) is 10.6. The summed E-state index contributed by atoms with van der Waals surface area (Å²) in [5, 5.41) is 9.32. The fraction of sp³-hybridized carbons (Fsp3) is 0.200. The molecule has 0 saturated heterocycles. The zero-order valence-electron chi connectivity index (χ0n) is 8.59. The van der Waals surface area contributed by atoms with Crippen LogP contribution in [0, 0.1) is 0 Å². The molecule has 5 nitrogen and oxygen atoms in total. The second kappa shape index (κ2) is 4.02. The largest absolute Gasteiger partial charge is 0.478 e. The highest BCUT2D eigenvalue weighted by atomic mass is 35.5. The second-order valence-corrected chi connectivity index (χ2v) is 3.82. The van der Waals surface area contributed by atoms with Gasteiger partial charge in [0.15, 0.2) is 0 Å². The Hall–Kier alpha value is -1.75. The van der Waals surface area contributed by atoms with E-state index in [1.165, 1.54) is 0 Å². The van der Waals surface area contributed by atoms with E-state index in [9.17, 15) is 4.79 Å². The lowest BCUT2D eigenvalue weighted by atomic mass is 10.4. The van der Waals surface area contributed by atoms with Crippen LogP contribution in [0.1, 0.15) is 16.2 Å². The molecule has 2 aromatic rings. The molecule has 0 aliphatic rings. The maximum Gasteiger partial charge on any atom is 0.337 e. The van der Waals surface area contributed by atoms with Crippen molar-refractivity contribution in [1.29, 1.82) is 0 Å². The molecule has 0 fully saturated rings. The predicted octanol–water partition coefficient (Wildman–Crippen LogP) is 1.62. The molecule has 0 aromatic carbocycles. The summed E-state index contributed by atoms with van der Waals surface area (Å²) in [7, 11) is 1.81. The quantitative estimate of drug-likeness (QED) is 0.886. The number of imidazole rings is 1. The van der Waals surface area contributed by atoms with Gasteiger partial charge in [0.25, 0.3) is 0 Å². The first kappa shape index (κ1) is 10.8. The average Bonchev–Trinajstić information content (AvgIpc) is 2.81. The van der Waals surface area contributed by atoms with Crippen LogP contribution in [0.3, 0.4) is 0 Å². The van der Waals surface area contributed by atoms with Gasteiger partial charge < -0.3 is 14.2 Å².